The second kappa shape index (κ2) is 7.58. The van der Waals surface area contributed by atoms with Crippen molar-refractivity contribution >= 4 is 17.5 Å². The highest BCUT2D eigenvalue weighted by Crippen LogP contribution is 2.14. The molecule has 0 aliphatic rings. The van der Waals surface area contributed by atoms with Gasteiger partial charge in [-0.05, 0) is 55.7 Å². The quantitative estimate of drug-likeness (QED) is 0.891. The van der Waals surface area contributed by atoms with E-state index in [4.69, 9.17) is 0 Å². The summed E-state index contributed by atoms with van der Waals surface area (Å²) in [6.45, 7) is 4.13. The molecule has 0 fully saturated rings. The van der Waals surface area contributed by atoms with Crippen molar-refractivity contribution in [1.29, 1.82) is 0 Å². The summed E-state index contributed by atoms with van der Waals surface area (Å²) in [5, 5.41) is 5.42. The first kappa shape index (κ1) is 16.7. The van der Waals surface area contributed by atoms with Gasteiger partial charge in [0.1, 0.15) is 0 Å². The van der Waals surface area contributed by atoms with E-state index in [1.54, 1.807) is 31.3 Å². The Hall–Kier alpha value is -2.62. The molecule has 0 aromatic heterocycles. The Morgan fingerprint density at radius 2 is 1.70 bits per heavy atom. The van der Waals surface area contributed by atoms with Gasteiger partial charge in [0.2, 0.25) is 5.91 Å². The van der Waals surface area contributed by atoms with Crippen molar-refractivity contribution in [3.63, 3.8) is 0 Å². The topological polar surface area (TPSA) is 58.2 Å². The van der Waals surface area contributed by atoms with E-state index in [1.807, 2.05) is 0 Å². The summed E-state index contributed by atoms with van der Waals surface area (Å²) in [6.07, 6.45) is 1.15. The molecule has 2 N–H and O–H groups in total. The summed E-state index contributed by atoms with van der Waals surface area (Å²) in [6, 6.07) is 13.1. The Labute approximate surface area is 136 Å². The number of hydrogen-bond acceptors (Lipinski definition) is 2. The summed E-state index contributed by atoms with van der Waals surface area (Å²) in [4.78, 5) is 23.5. The molecule has 0 heterocycles. The van der Waals surface area contributed by atoms with Crippen molar-refractivity contribution in [1.82, 2.24) is 5.32 Å². The minimum atomic E-state index is -0.141. The summed E-state index contributed by atoms with van der Waals surface area (Å²) in [7, 11) is 1.59. The molecule has 0 radical (unpaired) electrons. The van der Waals surface area contributed by atoms with E-state index in [-0.39, 0.29) is 11.8 Å². The molecule has 23 heavy (non-hydrogen) atoms. The van der Waals surface area contributed by atoms with Crippen LogP contribution in [0.15, 0.2) is 42.5 Å². The SMILES string of the molecule is CNC(=O)c1ccc(NC(=O)CCc2ccc(C)cc2C)cc1. The van der Waals surface area contributed by atoms with Gasteiger partial charge in [-0.25, -0.2) is 0 Å². The average molecular weight is 310 g/mol. The Bertz CT molecular complexity index is 706. The minimum Gasteiger partial charge on any atom is -0.355 e. The lowest BCUT2D eigenvalue weighted by Crippen LogP contribution is -2.18. The third-order valence-electron chi connectivity index (χ3n) is 3.78. The zero-order valence-electron chi connectivity index (χ0n) is 13.8. The number of benzene rings is 2. The van der Waals surface area contributed by atoms with Gasteiger partial charge in [0.15, 0.2) is 0 Å². The van der Waals surface area contributed by atoms with E-state index in [2.05, 4.69) is 42.7 Å². The molecule has 2 aromatic carbocycles. The van der Waals surface area contributed by atoms with E-state index in [9.17, 15) is 9.59 Å². The predicted molar refractivity (Wildman–Crippen MR) is 92.7 cm³/mol. The molecule has 2 amide bonds. The van der Waals surface area contributed by atoms with Crippen LogP contribution in [0.1, 0.15) is 33.5 Å². The summed E-state index contributed by atoms with van der Waals surface area (Å²) < 4.78 is 0. The zero-order valence-corrected chi connectivity index (χ0v) is 13.8. The highest BCUT2D eigenvalue weighted by Gasteiger charge is 2.07. The first-order chi connectivity index (χ1) is 11.0. The van der Waals surface area contributed by atoms with E-state index in [0.717, 1.165) is 0 Å². The van der Waals surface area contributed by atoms with Crippen LogP contribution in [-0.2, 0) is 11.2 Å². The summed E-state index contributed by atoms with van der Waals surface area (Å²) >= 11 is 0. The number of rotatable bonds is 5. The van der Waals surface area contributed by atoms with Crippen LogP contribution >= 0.6 is 0 Å². The monoisotopic (exact) mass is 310 g/mol. The fourth-order valence-corrected chi connectivity index (χ4v) is 2.45. The average Bonchev–Trinajstić information content (AvgIpc) is 2.54. The lowest BCUT2D eigenvalue weighted by atomic mass is 10.0. The standard InChI is InChI=1S/C19H22N2O2/c1-13-4-5-15(14(2)12-13)8-11-18(22)21-17-9-6-16(7-10-17)19(23)20-3/h4-7,9-10,12H,8,11H2,1-3H3,(H,20,23)(H,21,22). The van der Waals surface area contributed by atoms with Crippen LogP contribution in [-0.4, -0.2) is 18.9 Å². The maximum Gasteiger partial charge on any atom is 0.251 e. The van der Waals surface area contributed by atoms with Gasteiger partial charge in [0.05, 0.1) is 0 Å². The second-order valence-electron chi connectivity index (χ2n) is 5.63. The molecule has 0 aliphatic heterocycles. The molecule has 0 aliphatic carbocycles. The van der Waals surface area contributed by atoms with Gasteiger partial charge in [-0.3, -0.25) is 9.59 Å². The van der Waals surface area contributed by atoms with Crippen molar-refractivity contribution in [2.24, 2.45) is 0 Å². The van der Waals surface area contributed by atoms with Gasteiger partial charge >= 0.3 is 0 Å². The van der Waals surface area contributed by atoms with Crippen LogP contribution in [0, 0.1) is 13.8 Å². The van der Waals surface area contributed by atoms with Crippen LogP contribution in [0.2, 0.25) is 0 Å². The van der Waals surface area contributed by atoms with E-state index < -0.39 is 0 Å². The highest BCUT2D eigenvalue weighted by atomic mass is 16.2. The van der Waals surface area contributed by atoms with Gasteiger partial charge in [-0.15, -0.1) is 0 Å². The largest absolute Gasteiger partial charge is 0.355 e. The predicted octanol–water partition coefficient (Wildman–Crippen LogP) is 3.23. The minimum absolute atomic E-state index is 0.0299. The summed E-state index contributed by atoms with van der Waals surface area (Å²) in [5.74, 6) is -0.171. The molecule has 0 atom stereocenters. The third-order valence-corrected chi connectivity index (χ3v) is 3.78. The number of carbonyl (C=O) groups is 2. The van der Waals surface area contributed by atoms with E-state index in [0.29, 0.717) is 24.1 Å². The molecule has 4 heteroatoms. The molecule has 2 aromatic rings. The molecule has 0 unspecified atom stereocenters. The number of aryl methyl sites for hydroxylation is 3. The van der Waals surface area contributed by atoms with Gasteiger partial charge < -0.3 is 10.6 Å². The molecule has 2 rings (SSSR count). The fraction of sp³-hybridized carbons (Fsp3) is 0.263. The molecule has 0 saturated carbocycles. The van der Waals surface area contributed by atoms with Crippen molar-refractivity contribution in [2.75, 3.05) is 12.4 Å². The highest BCUT2D eigenvalue weighted by molar-refractivity contribution is 5.95. The Morgan fingerprint density at radius 3 is 2.30 bits per heavy atom. The number of nitrogens with one attached hydrogen (secondary N) is 2. The molecule has 4 nitrogen and oxygen atoms in total. The van der Waals surface area contributed by atoms with Gasteiger partial charge in [0, 0.05) is 24.7 Å². The number of carbonyl (C=O) groups excluding carboxylic acids is 2. The Morgan fingerprint density at radius 1 is 1.00 bits per heavy atom. The van der Waals surface area contributed by atoms with Crippen molar-refractivity contribution in [2.45, 2.75) is 26.7 Å². The maximum absolute atomic E-state index is 12.0. The number of hydrogen-bond donors (Lipinski definition) is 2. The maximum atomic E-state index is 12.0. The number of anilines is 1. The van der Waals surface area contributed by atoms with Crippen molar-refractivity contribution in [3.8, 4) is 0 Å². The van der Waals surface area contributed by atoms with Crippen LogP contribution in [0.4, 0.5) is 5.69 Å². The smallest absolute Gasteiger partial charge is 0.251 e. The zero-order chi connectivity index (χ0) is 16.8. The normalized spacial score (nSPS) is 10.2. The number of amides is 2. The van der Waals surface area contributed by atoms with Crippen LogP contribution in [0.3, 0.4) is 0 Å². The first-order valence-corrected chi connectivity index (χ1v) is 7.67. The fourth-order valence-electron chi connectivity index (χ4n) is 2.45. The van der Waals surface area contributed by atoms with Gasteiger partial charge in [-0.1, -0.05) is 23.8 Å². The van der Waals surface area contributed by atoms with Crippen molar-refractivity contribution in [3.05, 3.63) is 64.7 Å². The van der Waals surface area contributed by atoms with E-state index >= 15 is 0 Å². The Balaban J connectivity index is 1.90. The first-order valence-electron chi connectivity index (χ1n) is 7.67. The van der Waals surface area contributed by atoms with Crippen LogP contribution in [0.5, 0.6) is 0 Å². The lowest BCUT2D eigenvalue weighted by molar-refractivity contribution is -0.116. The molecule has 0 spiro atoms. The molecular formula is C19H22N2O2. The molecule has 0 saturated heterocycles. The second-order valence-corrected chi connectivity index (χ2v) is 5.63. The van der Waals surface area contributed by atoms with Crippen molar-refractivity contribution < 1.29 is 9.59 Å². The summed E-state index contributed by atoms with van der Waals surface area (Å²) in [5.41, 5.74) is 4.91. The molecule has 120 valence electrons. The third kappa shape index (κ3) is 4.68. The van der Waals surface area contributed by atoms with Gasteiger partial charge in [-0.2, -0.15) is 0 Å². The lowest BCUT2D eigenvalue weighted by Gasteiger charge is -2.08. The molecular weight excluding hydrogens is 288 g/mol. The van der Waals surface area contributed by atoms with Gasteiger partial charge in [0.25, 0.3) is 5.91 Å². The van der Waals surface area contributed by atoms with E-state index in [1.165, 1.54) is 16.7 Å². The molecule has 0 bridgehead atoms. The van der Waals surface area contributed by atoms with Crippen LogP contribution in [0.25, 0.3) is 0 Å². The Kier molecular flexibility index (Phi) is 5.52. The van der Waals surface area contributed by atoms with Crippen LogP contribution < -0.4 is 10.6 Å².